The first-order chi connectivity index (χ1) is 10.6. The van der Waals surface area contributed by atoms with E-state index in [0.717, 1.165) is 12.8 Å². The summed E-state index contributed by atoms with van der Waals surface area (Å²) in [5.74, 6) is 5.45. The summed E-state index contributed by atoms with van der Waals surface area (Å²) < 4.78 is 10.9. The Morgan fingerprint density at radius 3 is 3.00 bits per heavy atom. The largest absolute Gasteiger partial charge is 0.473 e. The number of hydrogen-bond donors (Lipinski definition) is 1. The minimum atomic E-state index is -0.212. The van der Waals surface area contributed by atoms with Gasteiger partial charge in [0, 0.05) is 0 Å². The van der Waals surface area contributed by atoms with Gasteiger partial charge in [-0.25, -0.2) is 9.97 Å². The van der Waals surface area contributed by atoms with Crippen molar-refractivity contribution in [3.8, 4) is 17.7 Å². The van der Waals surface area contributed by atoms with Crippen LogP contribution in [0.2, 0.25) is 0 Å². The van der Waals surface area contributed by atoms with Crippen LogP contribution < -0.4 is 4.74 Å². The number of rotatable bonds is 4. The minimum Gasteiger partial charge on any atom is -0.473 e. The molecular formula is C16H20N2O4. The number of aryl methyl sites for hydroxylation is 1. The molecule has 1 saturated carbocycles. The van der Waals surface area contributed by atoms with E-state index in [9.17, 15) is 4.79 Å². The Hall–Kier alpha value is -2.13. The fourth-order valence-corrected chi connectivity index (χ4v) is 2.46. The molecule has 1 aliphatic rings. The van der Waals surface area contributed by atoms with Crippen molar-refractivity contribution >= 4 is 5.97 Å². The molecule has 0 aliphatic heterocycles. The highest BCUT2D eigenvalue weighted by Gasteiger charge is 2.32. The maximum absolute atomic E-state index is 11.7. The molecular weight excluding hydrogens is 284 g/mol. The number of ether oxygens (including phenoxy) is 2. The predicted molar refractivity (Wildman–Crippen MR) is 79.1 cm³/mol. The molecule has 0 spiro atoms. The van der Waals surface area contributed by atoms with Crippen molar-refractivity contribution in [1.29, 1.82) is 0 Å². The van der Waals surface area contributed by atoms with Gasteiger partial charge in [-0.1, -0.05) is 5.92 Å². The van der Waals surface area contributed by atoms with Crippen molar-refractivity contribution in [1.82, 2.24) is 9.97 Å². The van der Waals surface area contributed by atoms with Gasteiger partial charge in [0.1, 0.15) is 24.1 Å². The standard InChI is InChI=1S/C16H20N2O4/c1-3-21-16(20)12-6-7-14(9-12)22-15-11(2)18-13(10-17-15)5-4-8-19/h10,12,14,19H,3,6-9H2,1-2H3/t12-,14-/m0/s1. The number of carbonyl (C=O) groups excluding carboxylic acids is 1. The van der Waals surface area contributed by atoms with Gasteiger partial charge >= 0.3 is 5.97 Å². The van der Waals surface area contributed by atoms with Gasteiger partial charge in [-0.05, 0) is 39.0 Å². The lowest BCUT2D eigenvalue weighted by Gasteiger charge is -2.14. The fraction of sp³-hybridized carbons (Fsp3) is 0.562. The van der Waals surface area contributed by atoms with E-state index in [4.69, 9.17) is 14.6 Å². The fourth-order valence-electron chi connectivity index (χ4n) is 2.46. The first kappa shape index (κ1) is 16.2. The lowest BCUT2D eigenvalue weighted by molar-refractivity contribution is -0.147. The first-order valence-corrected chi connectivity index (χ1v) is 7.40. The molecule has 6 heteroatoms. The molecule has 1 fully saturated rings. The van der Waals surface area contributed by atoms with E-state index in [1.807, 2.05) is 0 Å². The van der Waals surface area contributed by atoms with E-state index in [1.165, 1.54) is 6.20 Å². The molecule has 0 radical (unpaired) electrons. The molecule has 6 nitrogen and oxygen atoms in total. The quantitative estimate of drug-likeness (QED) is 0.666. The maximum atomic E-state index is 11.7. The van der Waals surface area contributed by atoms with Gasteiger partial charge in [0.15, 0.2) is 0 Å². The molecule has 1 N–H and O–H groups in total. The van der Waals surface area contributed by atoms with Crippen molar-refractivity contribution in [3.05, 3.63) is 17.6 Å². The Bertz CT molecular complexity index is 592. The second kappa shape index (κ2) is 7.76. The smallest absolute Gasteiger partial charge is 0.309 e. The van der Waals surface area contributed by atoms with E-state index in [1.54, 1.807) is 13.8 Å². The van der Waals surface area contributed by atoms with Gasteiger partial charge in [-0.15, -0.1) is 0 Å². The third-order valence-electron chi connectivity index (χ3n) is 3.48. The molecule has 1 aromatic rings. The zero-order chi connectivity index (χ0) is 15.9. The molecule has 2 rings (SSSR count). The van der Waals surface area contributed by atoms with Crippen molar-refractivity contribution in [2.24, 2.45) is 5.92 Å². The van der Waals surface area contributed by atoms with Crippen LogP contribution in [0.3, 0.4) is 0 Å². The van der Waals surface area contributed by atoms with Crippen molar-refractivity contribution in [3.63, 3.8) is 0 Å². The van der Waals surface area contributed by atoms with Crippen molar-refractivity contribution in [2.45, 2.75) is 39.2 Å². The van der Waals surface area contributed by atoms with E-state index in [0.29, 0.717) is 30.3 Å². The van der Waals surface area contributed by atoms with Crippen LogP contribution in [0.4, 0.5) is 0 Å². The summed E-state index contributed by atoms with van der Waals surface area (Å²) in [6.45, 7) is 3.79. The monoisotopic (exact) mass is 304 g/mol. The number of aromatic nitrogens is 2. The van der Waals surface area contributed by atoms with Gasteiger partial charge in [0.05, 0.1) is 18.7 Å². The topological polar surface area (TPSA) is 81.5 Å². The third-order valence-corrected chi connectivity index (χ3v) is 3.48. The van der Waals surface area contributed by atoms with Crippen LogP contribution in [-0.2, 0) is 9.53 Å². The summed E-state index contributed by atoms with van der Waals surface area (Å²) >= 11 is 0. The number of aliphatic hydroxyl groups is 1. The average Bonchev–Trinajstić information content (AvgIpc) is 2.96. The highest BCUT2D eigenvalue weighted by Crippen LogP contribution is 2.30. The SMILES string of the molecule is CCOC(=O)[C@H]1CC[C@H](Oc2ncc(C#CCO)nc2C)C1. The third kappa shape index (κ3) is 4.18. The Morgan fingerprint density at radius 1 is 1.50 bits per heavy atom. The highest BCUT2D eigenvalue weighted by molar-refractivity contribution is 5.72. The number of nitrogens with zero attached hydrogens (tertiary/aromatic N) is 2. The second-order valence-electron chi connectivity index (χ2n) is 5.11. The molecule has 1 heterocycles. The van der Waals surface area contributed by atoms with Gasteiger partial charge in [0.25, 0.3) is 0 Å². The molecule has 0 saturated heterocycles. The van der Waals surface area contributed by atoms with Crippen LogP contribution in [0.25, 0.3) is 0 Å². The van der Waals surface area contributed by atoms with E-state index in [2.05, 4.69) is 21.8 Å². The van der Waals surface area contributed by atoms with Crippen LogP contribution in [0, 0.1) is 24.7 Å². The molecule has 1 aliphatic carbocycles. The minimum absolute atomic E-state index is 0.0446. The summed E-state index contributed by atoms with van der Waals surface area (Å²) in [5.41, 5.74) is 1.14. The Balaban J connectivity index is 1.96. The molecule has 0 amide bonds. The molecule has 0 bridgehead atoms. The first-order valence-electron chi connectivity index (χ1n) is 7.40. The molecule has 0 unspecified atom stereocenters. The number of hydrogen-bond acceptors (Lipinski definition) is 6. The summed E-state index contributed by atoms with van der Waals surface area (Å²) in [7, 11) is 0. The van der Waals surface area contributed by atoms with Gasteiger partial charge < -0.3 is 14.6 Å². The Kier molecular flexibility index (Phi) is 5.73. The van der Waals surface area contributed by atoms with Crippen LogP contribution >= 0.6 is 0 Å². The van der Waals surface area contributed by atoms with E-state index < -0.39 is 0 Å². The van der Waals surface area contributed by atoms with Crippen LogP contribution in [0.15, 0.2) is 6.20 Å². The van der Waals surface area contributed by atoms with E-state index >= 15 is 0 Å². The average molecular weight is 304 g/mol. The number of carbonyl (C=O) groups is 1. The van der Waals surface area contributed by atoms with E-state index in [-0.39, 0.29) is 24.6 Å². The van der Waals surface area contributed by atoms with Gasteiger partial charge in [0.2, 0.25) is 5.88 Å². The molecule has 1 aromatic heterocycles. The Labute approximate surface area is 129 Å². The molecule has 0 aromatic carbocycles. The summed E-state index contributed by atoms with van der Waals surface area (Å²) in [4.78, 5) is 20.2. The lowest BCUT2D eigenvalue weighted by Crippen LogP contribution is -2.19. The second-order valence-corrected chi connectivity index (χ2v) is 5.11. The summed E-state index contributed by atoms with van der Waals surface area (Å²) in [6, 6.07) is 0. The zero-order valence-corrected chi connectivity index (χ0v) is 12.8. The van der Waals surface area contributed by atoms with Crippen molar-refractivity contribution < 1.29 is 19.4 Å². The van der Waals surface area contributed by atoms with Crippen molar-refractivity contribution in [2.75, 3.05) is 13.2 Å². The van der Waals surface area contributed by atoms with Gasteiger partial charge in [-0.3, -0.25) is 4.79 Å². The van der Waals surface area contributed by atoms with Crippen LogP contribution in [0.1, 0.15) is 37.6 Å². The maximum Gasteiger partial charge on any atom is 0.309 e. The number of esters is 1. The van der Waals surface area contributed by atoms with Crippen LogP contribution in [-0.4, -0.2) is 40.4 Å². The molecule has 118 valence electrons. The molecule has 22 heavy (non-hydrogen) atoms. The summed E-state index contributed by atoms with van der Waals surface area (Å²) in [5, 5.41) is 8.66. The van der Waals surface area contributed by atoms with Crippen LogP contribution in [0.5, 0.6) is 5.88 Å². The number of aliphatic hydroxyl groups excluding tert-OH is 1. The zero-order valence-electron chi connectivity index (χ0n) is 12.8. The molecule has 2 atom stereocenters. The van der Waals surface area contributed by atoms with Gasteiger partial charge in [-0.2, -0.15) is 0 Å². The lowest BCUT2D eigenvalue weighted by atomic mass is 10.1. The predicted octanol–water partition coefficient (Wildman–Crippen LogP) is 1.24. The normalized spacial score (nSPS) is 20.1. The highest BCUT2D eigenvalue weighted by atomic mass is 16.5. The Morgan fingerprint density at radius 2 is 2.32 bits per heavy atom. The summed E-state index contributed by atoms with van der Waals surface area (Å²) in [6.07, 6.45) is 3.69.